The summed E-state index contributed by atoms with van der Waals surface area (Å²) in [7, 11) is 1.35. The van der Waals surface area contributed by atoms with Gasteiger partial charge in [-0.2, -0.15) is 0 Å². The van der Waals surface area contributed by atoms with E-state index in [-0.39, 0.29) is 0 Å². The first kappa shape index (κ1) is 26.4. The van der Waals surface area contributed by atoms with Gasteiger partial charge < -0.3 is 29.2 Å². The second-order valence-corrected chi connectivity index (χ2v) is 7.57. The molecule has 2 aliphatic heterocycles. The summed E-state index contributed by atoms with van der Waals surface area (Å²) in [6.07, 6.45) is -8.52. The van der Waals surface area contributed by atoms with Crippen molar-refractivity contribution in [3.8, 4) is 0 Å². The van der Waals surface area contributed by atoms with Gasteiger partial charge in [-0.15, -0.1) is 8.67 Å². The highest BCUT2D eigenvalue weighted by atomic mass is 32.2. The largest absolute Gasteiger partial charge is 0.387 e. The minimum atomic E-state index is -1.31. The van der Waals surface area contributed by atoms with Crippen LogP contribution in [0.2, 0.25) is 0 Å². The minimum absolute atomic E-state index is 0.297. The van der Waals surface area contributed by atoms with E-state index in [2.05, 4.69) is 18.7 Å². The molecule has 4 unspecified atom stereocenters. The smallest absolute Gasteiger partial charge is 0.198 e. The van der Waals surface area contributed by atoms with Gasteiger partial charge in [0.25, 0.3) is 0 Å². The van der Waals surface area contributed by atoms with Crippen LogP contribution in [0.5, 0.6) is 0 Å². The number of hydrogen-bond acceptors (Lipinski definition) is 16. The normalized spacial score (nSPS) is 42.4. The molecule has 0 saturated carbocycles. The summed E-state index contributed by atoms with van der Waals surface area (Å²) in [5.74, 6) is -0.499. The van der Waals surface area contributed by atoms with Gasteiger partial charge in [-0.3, -0.25) is 8.37 Å². The molecule has 30 heavy (non-hydrogen) atoms. The zero-order valence-electron chi connectivity index (χ0n) is 16.5. The molecule has 0 aromatic rings. The molecule has 0 aromatic heterocycles. The van der Waals surface area contributed by atoms with Crippen molar-refractivity contribution in [2.24, 2.45) is 5.92 Å². The Labute approximate surface area is 181 Å². The van der Waals surface area contributed by atoms with Crippen molar-refractivity contribution in [1.82, 2.24) is 0 Å². The lowest BCUT2D eigenvalue weighted by atomic mass is 9.91. The molecular formula is C14H26O14S2. The third kappa shape index (κ3) is 6.58. The van der Waals surface area contributed by atoms with E-state index in [4.69, 9.17) is 37.8 Å². The SMILES string of the molecule is CO[C@@H]1OC(C)[C@@H](OSOOO)[C@H](O[C@@H]2OC(C)[C@@H](OSOOO)[C@H](C)C2O)C1O. The van der Waals surface area contributed by atoms with Gasteiger partial charge in [-0.25, -0.2) is 10.5 Å². The Bertz CT molecular complexity index is 492. The Kier molecular flexibility index (Phi) is 11.4. The number of aliphatic hydroxyl groups excluding tert-OH is 2. The Morgan fingerprint density at radius 2 is 1.27 bits per heavy atom. The Hall–Kier alpha value is 0.140. The fourth-order valence-electron chi connectivity index (χ4n) is 3.29. The van der Waals surface area contributed by atoms with Gasteiger partial charge in [-0.05, 0) is 13.8 Å². The van der Waals surface area contributed by atoms with Crippen molar-refractivity contribution >= 4 is 24.6 Å². The van der Waals surface area contributed by atoms with Crippen molar-refractivity contribution in [2.45, 2.75) is 76.1 Å². The molecule has 4 N–H and O–H groups in total. The Morgan fingerprint density at radius 3 is 1.83 bits per heavy atom. The van der Waals surface area contributed by atoms with Crippen LogP contribution in [0.1, 0.15) is 20.8 Å². The monoisotopic (exact) mass is 482 g/mol. The van der Waals surface area contributed by atoms with Crippen molar-refractivity contribution in [3.63, 3.8) is 0 Å². The van der Waals surface area contributed by atoms with E-state index in [1.165, 1.54) is 7.11 Å². The van der Waals surface area contributed by atoms with Crippen LogP contribution < -0.4 is 0 Å². The van der Waals surface area contributed by atoms with Gasteiger partial charge >= 0.3 is 0 Å². The highest BCUT2D eigenvalue weighted by Gasteiger charge is 2.50. The lowest BCUT2D eigenvalue weighted by molar-refractivity contribution is -0.435. The third-order valence-electron chi connectivity index (χ3n) is 4.84. The second kappa shape index (κ2) is 13.0. The maximum absolute atomic E-state index is 10.7. The highest BCUT2D eigenvalue weighted by Crippen LogP contribution is 2.35. The van der Waals surface area contributed by atoms with Crippen LogP contribution >= 0.6 is 24.6 Å². The molecule has 10 atom stereocenters. The van der Waals surface area contributed by atoms with E-state index in [0.29, 0.717) is 24.6 Å². The first-order valence-electron chi connectivity index (χ1n) is 8.81. The van der Waals surface area contributed by atoms with Gasteiger partial charge in [0.2, 0.25) is 0 Å². The number of ether oxygens (including phenoxy) is 4. The van der Waals surface area contributed by atoms with E-state index in [1.54, 1.807) is 20.8 Å². The van der Waals surface area contributed by atoms with Crippen molar-refractivity contribution in [1.29, 1.82) is 0 Å². The fourth-order valence-corrected chi connectivity index (χ4v) is 4.18. The Morgan fingerprint density at radius 1 is 0.733 bits per heavy atom. The molecule has 2 saturated heterocycles. The van der Waals surface area contributed by atoms with Crippen LogP contribution in [-0.4, -0.2) is 83.1 Å². The number of methoxy groups -OCH3 is 1. The van der Waals surface area contributed by atoms with Crippen LogP contribution in [0.15, 0.2) is 0 Å². The molecule has 2 aliphatic rings. The minimum Gasteiger partial charge on any atom is -0.387 e. The molecule has 0 amide bonds. The summed E-state index contributed by atoms with van der Waals surface area (Å²) in [5.41, 5.74) is 0. The maximum Gasteiger partial charge on any atom is 0.198 e. The summed E-state index contributed by atoms with van der Waals surface area (Å²) < 4.78 is 41.3. The maximum atomic E-state index is 10.7. The topological polar surface area (TPSA) is 173 Å². The molecule has 2 rings (SSSR count). The van der Waals surface area contributed by atoms with E-state index in [9.17, 15) is 10.2 Å². The van der Waals surface area contributed by atoms with Gasteiger partial charge in [0, 0.05) is 13.0 Å². The van der Waals surface area contributed by atoms with Gasteiger partial charge in [0.05, 0.1) is 12.2 Å². The summed E-state index contributed by atoms with van der Waals surface area (Å²) in [6, 6.07) is 0. The molecule has 0 bridgehead atoms. The number of hydrogen-bond donors (Lipinski definition) is 4. The average molecular weight is 482 g/mol. The number of rotatable bonds is 11. The lowest BCUT2D eigenvalue weighted by Gasteiger charge is -2.46. The van der Waals surface area contributed by atoms with E-state index >= 15 is 0 Å². The summed E-state index contributed by atoms with van der Waals surface area (Å²) >= 11 is 0.673. The van der Waals surface area contributed by atoms with Crippen molar-refractivity contribution in [2.75, 3.05) is 7.11 Å². The molecule has 178 valence electrons. The fraction of sp³-hybridized carbons (Fsp3) is 1.00. The van der Waals surface area contributed by atoms with E-state index in [0.717, 1.165) is 0 Å². The molecule has 0 aliphatic carbocycles. The van der Waals surface area contributed by atoms with Crippen molar-refractivity contribution in [3.05, 3.63) is 0 Å². The summed E-state index contributed by atoms with van der Waals surface area (Å²) in [5, 5.41) is 44.6. The molecule has 16 heteroatoms. The van der Waals surface area contributed by atoms with E-state index < -0.39 is 61.2 Å². The predicted octanol–water partition coefficient (Wildman–Crippen LogP) is 0.605. The lowest BCUT2D eigenvalue weighted by Crippen LogP contribution is -2.62. The van der Waals surface area contributed by atoms with Crippen LogP contribution in [0.25, 0.3) is 0 Å². The van der Waals surface area contributed by atoms with Crippen LogP contribution in [0.3, 0.4) is 0 Å². The highest BCUT2D eigenvalue weighted by molar-refractivity contribution is 7.89. The molecule has 2 fully saturated rings. The van der Waals surface area contributed by atoms with Crippen LogP contribution in [0, 0.1) is 5.92 Å². The molecule has 0 radical (unpaired) electrons. The molecule has 2 heterocycles. The molecule has 0 aromatic carbocycles. The van der Waals surface area contributed by atoms with Crippen LogP contribution in [0.4, 0.5) is 0 Å². The summed E-state index contributed by atoms with van der Waals surface area (Å²) in [6.45, 7) is 5.02. The zero-order chi connectivity index (χ0) is 22.3. The second-order valence-electron chi connectivity index (χ2n) is 6.64. The summed E-state index contributed by atoms with van der Waals surface area (Å²) in [4.78, 5) is 0. The quantitative estimate of drug-likeness (QED) is 0.139. The predicted molar refractivity (Wildman–Crippen MR) is 96.3 cm³/mol. The third-order valence-corrected chi connectivity index (χ3v) is 5.67. The first-order valence-corrected chi connectivity index (χ1v) is 10.1. The molecule has 14 nitrogen and oxygen atoms in total. The zero-order valence-corrected chi connectivity index (χ0v) is 18.1. The van der Waals surface area contributed by atoms with Gasteiger partial charge in [-0.1, -0.05) is 17.0 Å². The molecular weight excluding hydrogens is 456 g/mol. The molecule has 0 spiro atoms. The van der Waals surface area contributed by atoms with Crippen molar-refractivity contribution < 1.29 is 66.8 Å². The Balaban J connectivity index is 2.09. The van der Waals surface area contributed by atoms with Gasteiger partial charge in [0.1, 0.15) is 30.5 Å². The van der Waals surface area contributed by atoms with E-state index in [1.807, 2.05) is 0 Å². The van der Waals surface area contributed by atoms with Crippen LogP contribution in [-0.2, 0) is 46.1 Å². The standard InChI is InChI=1S/C14H26O14S2/c1-5-8(15)14(21-6(2)10(5)23-29-27-25-17)22-12-9(16)13(19-4)20-7(3)11(12)24-30-28-26-18/h5-18H,1-4H3/t5-,6?,7?,8?,9?,10+,11-,12-,13-,14+/m1/s1. The first-order chi connectivity index (χ1) is 14.3. The number of aliphatic hydroxyl groups is 2. The van der Waals surface area contributed by atoms with Gasteiger partial charge in [0.15, 0.2) is 37.2 Å². The average Bonchev–Trinajstić information content (AvgIpc) is 2.72.